The minimum Gasteiger partial charge on any atom is -0.347 e. The molecule has 1 amide bonds. The van der Waals surface area contributed by atoms with Crippen molar-refractivity contribution in [1.29, 1.82) is 0 Å². The monoisotopic (exact) mass is 202 g/mol. The Kier molecular flexibility index (Phi) is 2.31. The molecule has 3 nitrogen and oxygen atoms in total. The predicted octanol–water partition coefficient (Wildman–Crippen LogP) is 1.79. The van der Waals surface area contributed by atoms with Crippen LogP contribution < -0.4 is 0 Å². The SMILES string of the molecule is CCC1(c2ccccc2)C(=O)N=CN1C. The van der Waals surface area contributed by atoms with E-state index in [9.17, 15) is 4.79 Å². The number of nitrogens with zero attached hydrogens (tertiary/aromatic N) is 2. The predicted molar refractivity (Wildman–Crippen MR) is 59.7 cm³/mol. The normalized spacial score (nSPS) is 24.9. The van der Waals surface area contributed by atoms with Gasteiger partial charge in [-0.1, -0.05) is 37.3 Å². The Morgan fingerprint density at radius 3 is 2.47 bits per heavy atom. The average molecular weight is 202 g/mol. The molecule has 1 aliphatic heterocycles. The van der Waals surface area contributed by atoms with E-state index in [1.165, 1.54) is 0 Å². The molecule has 1 aromatic carbocycles. The lowest BCUT2D eigenvalue weighted by Gasteiger charge is -2.33. The van der Waals surface area contributed by atoms with E-state index in [4.69, 9.17) is 0 Å². The van der Waals surface area contributed by atoms with Crippen LogP contribution in [0, 0.1) is 0 Å². The summed E-state index contributed by atoms with van der Waals surface area (Å²) in [7, 11) is 1.89. The highest BCUT2D eigenvalue weighted by atomic mass is 16.2. The van der Waals surface area contributed by atoms with Crippen molar-refractivity contribution in [2.24, 2.45) is 4.99 Å². The van der Waals surface area contributed by atoms with Crippen LogP contribution in [-0.2, 0) is 10.3 Å². The van der Waals surface area contributed by atoms with Crippen molar-refractivity contribution in [3.63, 3.8) is 0 Å². The van der Waals surface area contributed by atoms with Crippen molar-refractivity contribution in [3.05, 3.63) is 35.9 Å². The number of amides is 1. The fourth-order valence-corrected chi connectivity index (χ4v) is 2.14. The molecule has 0 N–H and O–H groups in total. The van der Waals surface area contributed by atoms with Crippen LogP contribution in [0.5, 0.6) is 0 Å². The topological polar surface area (TPSA) is 32.7 Å². The summed E-state index contributed by atoms with van der Waals surface area (Å²) < 4.78 is 0. The third kappa shape index (κ3) is 1.27. The minimum absolute atomic E-state index is 0.0706. The Bertz CT molecular complexity index is 399. The minimum atomic E-state index is -0.582. The number of carbonyl (C=O) groups is 1. The molecule has 1 atom stereocenters. The van der Waals surface area contributed by atoms with Crippen LogP contribution in [0.15, 0.2) is 35.3 Å². The molecule has 0 saturated heterocycles. The summed E-state index contributed by atoms with van der Waals surface area (Å²) in [5, 5.41) is 0. The van der Waals surface area contributed by atoms with Crippen LogP contribution in [0.2, 0.25) is 0 Å². The zero-order valence-electron chi connectivity index (χ0n) is 8.97. The quantitative estimate of drug-likeness (QED) is 0.732. The summed E-state index contributed by atoms with van der Waals surface area (Å²) in [5.41, 5.74) is 0.429. The summed E-state index contributed by atoms with van der Waals surface area (Å²) in [5.74, 6) is -0.0706. The first-order valence-corrected chi connectivity index (χ1v) is 5.09. The molecule has 0 spiro atoms. The number of benzene rings is 1. The molecule has 2 rings (SSSR count). The molecule has 0 bridgehead atoms. The molecular weight excluding hydrogens is 188 g/mol. The van der Waals surface area contributed by atoms with E-state index in [0.717, 1.165) is 12.0 Å². The number of hydrogen-bond donors (Lipinski definition) is 0. The molecule has 3 heteroatoms. The van der Waals surface area contributed by atoms with Gasteiger partial charge < -0.3 is 4.90 Å². The smallest absolute Gasteiger partial charge is 0.277 e. The Morgan fingerprint density at radius 1 is 1.33 bits per heavy atom. The van der Waals surface area contributed by atoms with Crippen LogP contribution in [0.3, 0.4) is 0 Å². The molecule has 0 aliphatic carbocycles. The van der Waals surface area contributed by atoms with Gasteiger partial charge in [-0.25, -0.2) is 4.99 Å². The van der Waals surface area contributed by atoms with Crippen LogP contribution in [0.25, 0.3) is 0 Å². The molecule has 0 aromatic heterocycles. The van der Waals surface area contributed by atoms with Gasteiger partial charge in [0.1, 0.15) is 5.54 Å². The van der Waals surface area contributed by atoms with Gasteiger partial charge in [-0.15, -0.1) is 0 Å². The van der Waals surface area contributed by atoms with Crippen LogP contribution in [0.4, 0.5) is 0 Å². The molecule has 0 radical (unpaired) electrons. The summed E-state index contributed by atoms with van der Waals surface area (Å²) in [6.45, 7) is 2.01. The Hall–Kier alpha value is -1.64. The molecule has 0 fully saturated rings. The van der Waals surface area contributed by atoms with E-state index in [1.54, 1.807) is 6.34 Å². The highest BCUT2D eigenvalue weighted by Crippen LogP contribution is 2.34. The third-order valence-electron chi connectivity index (χ3n) is 3.07. The maximum absolute atomic E-state index is 11.9. The fourth-order valence-electron chi connectivity index (χ4n) is 2.14. The summed E-state index contributed by atoms with van der Waals surface area (Å²) in [4.78, 5) is 17.7. The molecular formula is C12H14N2O. The van der Waals surface area contributed by atoms with Gasteiger partial charge in [-0.3, -0.25) is 4.79 Å². The van der Waals surface area contributed by atoms with Crippen molar-refractivity contribution < 1.29 is 4.79 Å². The first kappa shape index (κ1) is 9.90. The zero-order valence-corrected chi connectivity index (χ0v) is 8.97. The van der Waals surface area contributed by atoms with Gasteiger partial charge in [0.05, 0.1) is 6.34 Å². The Balaban J connectivity index is 2.52. The van der Waals surface area contributed by atoms with Crippen LogP contribution in [-0.4, -0.2) is 24.2 Å². The van der Waals surface area contributed by atoms with E-state index >= 15 is 0 Å². The van der Waals surface area contributed by atoms with Gasteiger partial charge in [-0.2, -0.15) is 0 Å². The highest BCUT2D eigenvalue weighted by molar-refractivity contribution is 5.99. The first-order chi connectivity index (χ1) is 7.21. The number of hydrogen-bond acceptors (Lipinski definition) is 2. The number of likely N-dealkylation sites (N-methyl/N-ethyl adjacent to an activating group) is 1. The lowest BCUT2D eigenvalue weighted by atomic mass is 9.86. The summed E-state index contributed by atoms with van der Waals surface area (Å²) >= 11 is 0. The van der Waals surface area contributed by atoms with Gasteiger partial charge >= 0.3 is 0 Å². The Morgan fingerprint density at radius 2 is 2.00 bits per heavy atom. The van der Waals surface area contributed by atoms with Gasteiger partial charge in [0, 0.05) is 7.05 Å². The van der Waals surface area contributed by atoms with Gasteiger partial charge in [0.25, 0.3) is 5.91 Å². The van der Waals surface area contributed by atoms with Gasteiger partial charge in [0.2, 0.25) is 0 Å². The fraction of sp³-hybridized carbons (Fsp3) is 0.333. The van der Waals surface area contributed by atoms with Crippen molar-refractivity contribution in [3.8, 4) is 0 Å². The first-order valence-electron chi connectivity index (χ1n) is 5.09. The van der Waals surface area contributed by atoms with Gasteiger partial charge in [0.15, 0.2) is 0 Å². The molecule has 1 aliphatic rings. The second kappa shape index (κ2) is 3.50. The van der Waals surface area contributed by atoms with E-state index in [2.05, 4.69) is 4.99 Å². The van der Waals surface area contributed by atoms with Crippen LogP contribution in [0.1, 0.15) is 18.9 Å². The molecule has 15 heavy (non-hydrogen) atoms. The number of aliphatic imine (C=N–C) groups is 1. The highest BCUT2D eigenvalue weighted by Gasteiger charge is 2.44. The van der Waals surface area contributed by atoms with Crippen LogP contribution >= 0.6 is 0 Å². The molecule has 1 aromatic rings. The average Bonchev–Trinajstić information content (AvgIpc) is 2.57. The van der Waals surface area contributed by atoms with E-state index in [-0.39, 0.29) is 5.91 Å². The lowest BCUT2D eigenvalue weighted by Crippen LogP contribution is -2.43. The zero-order chi connectivity index (χ0) is 10.9. The molecule has 0 saturated carbocycles. The number of carbonyl (C=O) groups excluding carboxylic acids is 1. The molecule has 1 heterocycles. The second-order valence-corrected chi connectivity index (χ2v) is 3.74. The van der Waals surface area contributed by atoms with Gasteiger partial charge in [-0.05, 0) is 12.0 Å². The molecule has 1 unspecified atom stereocenters. The van der Waals surface area contributed by atoms with E-state index in [1.807, 2.05) is 49.2 Å². The van der Waals surface area contributed by atoms with Crippen molar-refractivity contribution in [1.82, 2.24) is 4.90 Å². The van der Waals surface area contributed by atoms with Crippen molar-refractivity contribution in [2.45, 2.75) is 18.9 Å². The standard InChI is InChI=1S/C12H14N2O/c1-3-12(10-7-5-4-6-8-10)11(15)13-9-14(12)2/h4-9H,3H2,1-2H3. The number of rotatable bonds is 2. The third-order valence-corrected chi connectivity index (χ3v) is 3.07. The summed E-state index contributed by atoms with van der Waals surface area (Å²) in [6.07, 6.45) is 2.34. The second-order valence-electron chi connectivity index (χ2n) is 3.74. The maximum atomic E-state index is 11.9. The van der Waals surface area contributed by atoms with E-state index < -0.39 is 5.54 Å². The molecule has 78 valence electrons. The van der Waals surface area contributed by atoms with Crippen molar-refractivity contribution >= 4 is 12.2 Å². The lowest BCUT2D eigenvalue weighted by molar-refractivity contribution is -0.125. The largest absolute Gasteiger partial charge is 0.347 e. The maximum Gasteiger partial charge on any atom is 0.277 e. The van der Waals surface area contributed by atoms with Crippen molar-refractivity contribution in [2.75, 3.05) is 7.05 Å². The summed E-state index contributed by atoms with van der Waals surface area (Å²) in [6, 6.07) is 9.81. The Labute approximate surface area is 89.4 Å². The van der Waals surface area contributed by atoms with E-state index in [0.29, 0.717) is 0 Å².